The molecule has 0 heterocycles. The third-order valence-electron chi connectivity index (χ3n) is 6.86. The number of aryl methyl sites for hydroxylation is 1. The molecule has 6 nitrogen and oxygen atoms in total. The van der Waals surface area contributed by atoms with Crippen molar-refractivity contribution in [2.24, 2.45) is 0 Å². The second kappa shape index (κ2) is 14.0. The second-order valence-corrected chi connectivity index (χ2v) is 9.78. The fourth-order valence-electron chi connectivity index (χ4n) is 4.61. The summed E-state index contributed by atoms with van der Waals surface area (Å²) in [5.41, 5.74) is 4.87. The highest BCUT2D eigenvalue weighted by molar-refractivity contribution is 5.89. The quantitative estimate of drug-likeness (QED) is 0.259. The van der Waals surface area contributed by atoms with Crippen molar-refractivity contribution in [2.45, 2.75) is 38.9 Å². The third-order valence-corrected chi connectivity index (χ3v) is 6.86. The predicted octanol–water partition coefficient (Wildman–Crippen LogP) is 5.51. The van der Waals surface area contributed by atoms with E-state index < -0.39 is 6.04 Å². The molecule has 0 spiro atoms. The van der Waals surface area contributed by atoms with Gasteiger partial charge in [-0.1, -0.05) is 96.6 Å². The van der Waals surface area contributed by atoms with Crippen LogP contribution in [0.3, 0.4) is 0 Å². The summed E-state index contributed by atoms with van der Waals surface area (Å²) in [6.45, 7) is 2.72. The Hall–Kier alpha value is -4.58. The van der Waals surface area contributed by atoms with Crippen LogP contribution in [0.4, 0.5) is 0 Å². The lowest BCUT2D eigenvalue weighted by Gasteiger charge is -2.32. The van der Waals surface area contributed by atoms with Gasteiger partial charge >= 0.3 is 0 Å². The monoisotopic (exact) mass is 536 g/mol. The van der Waals surface area contributed by atoms with E-state index in [1.165, 1.54) is 0 Å². The number of ether oxygens (including phenoxy) is 2. The molecule has 0 bridgehead atoms. The van der Waals surface area contributed by atoms with Gasteiger partial charge in [0.1, 0.15) is 6.04 Å². The predicted molar refractivity (Wildman–Crippen MR) is 157 cm³/mol. The molecule has 0 aliphatic heterocycles. The summed E-state index contributed by atoms with van der Waals surface area (Å²) < 4.78 is 10.8. The summed E-state index contributed by atoms with van der Waals surface area (Å²) in [4.78, 5) is 29.5. The molecule has 6 heteroatoms. The van der Waals surface area contributed by atoms with Crippen molar-refractivity contribution in [3.63, 3.8) is 0 Å². The minimum absolute atomic E-state index is 0.115. The van der Waals surface area contributed by atoms with E-state index in [0.717, 1.165) is 27.8 Å². The zero-order valence-electron chi connectivity index (χ0n) is 23.3. The maximum absolute atomic E-state index is 14.0. The Morgan fingerprint density at radius 1 is 0.725 bits per heavy atom. The van der Waals surface area contributed by atoms with E-state index in [-0.39, 0.29) is 18.2 Å². The highest BCUT2D eigenvalue weighted by atomic mass is 16.5. The molecule has 0 aliphatic carbocycles. The molecule has 4 aromatic rings. The number of nitrogens with zero attached hydrogens (tertiary/aromatic N) is 1. The topological polar surface area (TPSA) is 67.9 Å². The van der Waals surface area contributed by atoms with Crippen molar-refractivity contribution in [3.05, 3.63) is 131 Å². The number of carbonyl (C=O) groups excluding carboxylic acids is 2. The number of methoxy groups -OCH3 is 2. The number of hydrogen-bond donors (Lipinski definition) is 1. The van der Waals surface area contributed by atoms with Crippen molar-refractivity contribution >= 4 is 11.8 Å². The molecule has 4 rings (SSSR count). The maximum atomic E-state index is 14.0. The van der Waals surface area contributed by atoms with Crippen LogP contribution in [0.1, 0.15) is 27.8 Å². The van der Waals surface area contributed by atoms with Crippen LogP contribution >= 0.6 is 0 Å². The van der Waals surface area contributed by atoms with Crippen molar-refractivity contribution in [1.82, 2.24) is 10.2 Å². The average Bonchev–Trinajstić information content (AvgIpc) is 2.99. The highest BCUT2D eigenvalue weighted by Crippen LogP contribution is 2.28. The molecule has 0 saturated heterocycles. The molecule has 0 aromatic heterocycles. The van der Waals surface area contributed by atoms with Gasteiger partial charge in [0.25, 0.3) is 0 Å². The summed E-state index contributed by atoms with van der Waals surface area (Å²) in [7, 11) is 3.15. The van der Waals surface area contributed by atoms with Crippen LogP contribution in [-0.2, 0) is 35.5 Å². The Morgan fingerprint density at radius 3 is 1.95 bits per heavy atom. The van der Waals surface area contributed by atoms with E-state index in [1.807, 2.05) is 97.9 Å². The third kappa shape index (κ3) is 7.73. The summed E-state index contributed by atoms with van der Waals surface area (Å²) >= 11 is 0. The fourth-order valence-corrected chi connectivity index (χ4v) is 4.61. The van der Waals surface area contributed by atoms with E-state index >= 15 is 0 Å². The van der Waals surface area contributed by atoms with Gasteiger partial charge in [0.15, 0.2) is 11.5 Å². The van der Waals surface area contributed by atoms with Crippen LogP contribution in [-0.4, -0.2) is 37.0 Å². The van der Waals surface area contributed by atoms with E-state index in [4.69, 9.17) is 9.47 Å². The fraction of sp³-hybridized carbons (Fsp3) is 0.235. The van der Waals surface area contributed by atoms with Crippen LogP contribution < -0.4 is 14.8 Å². The number of carbonyl (C=O) groups is 2. The SMILES string of the molecule is COc1ccc(CC(=O)N(Cc2ccccc2)[C@@H](Cc2ccccc2)C(=O)NCc2ccc(C)cc2)cc1OC. The standard InChI is InChI=1S/C34H36N2O4/c1-25-14-16-27(17-15-25)23-35-34(38)30(20-26-10-6-4-7-11-26)36(24-28-12-8-5-9-13-28)33(37)22-29-18-19-31(39-2)32(21-29)40-3/h4-19,21,30H,20,22-24H2,1-3H3,(H,35,38)/t30-/m0/s1. The zero-order chi connectivity index (χ0) is 28.3. The van der Waals surface area contributed by atoms with Gasteiger partial charge in [-0.05, 0) is 41.3 Å². The summed E-state index contributed by atoms with van der Waals surface area (Å²) in [6.07, 6.45) is 0.509. The number of hydrogen-bond acceptors (Lipinski definition) is 4. The van der Waals surface area contributed by atoms with E-state index in [0.29, 0.717) is 31.0 Å². The van der Waals surface area contributed by atoms with Gasteiger partial charge in [-0.2, -0.15) is 0 Å². The lowest BCUT2D eigenvalue weighted by atomic mass is 10.0. The first-order chi connectivity index (χ1) is 19.5. The molecule has 0 radical (unpaired) electrons. The molecule has 0 unspecified atom stereocenters. The van der Waals surface area contributed by atoms with Crippen molar-refractivity contribution in [2.75, 3.05) is 14.2 Å². The smallest absolute Gasteiger partial charge is 0.243 e. The number of rotatable bonds is 12. The highest BCUT2D eigenvalue weighted by Gasteiger charge is 2.30. The molecule has 2 amide bonds. The Balaban J connectivity index is 1.64. The average molecular weight is 537 g/mol. The normalized spacial score (nSPS) is 11.4. The first-order valence-corrected chi connectivity index (χ1v) is 13.4. The van der Waals surface area contributed by atoms with Gasteiger partial charge in [0.2, 0.25) is 11.8 Å². The van der Waals surface area contributed by atoms with E-state index in [2.05, 4.69) is 5.32 Å². The largest absolute Gasteiger partial charge is 0.493 e. The van der Waals surface area contributed by atoms with Gasteiger partial charge in [0.05, 0.1) is 20.6 Å². The van der Waals surface area contributed by atoms with Crippen molar-refractivity contribution in [3.8, 4) is 11.5 Å². The van der Waals surface area contributed by atoms with Crippen LogP contribution in [0, 0.1) is 6.92 Å². The molecule has 0 fully saturated rings. The van der Waals surface area contributed by atoms with Crippen molar-refractivity contribution in [1.29, 1.82) is 0 Å². The Bertz CT molecular complexity index is 1390. The molecular formula is C34H36N2O4. The minimum Gasteiger partial charge on any atom is -0.493 e. The minimum atomic E-state index is -0.708. The molecule has 0 aliphatic rings. The van der Waals surface area contributed by atoms with Crippen LogP contribution in [0.2, 0.25) is 0 Å². The summed E-state index contributed by atoms with van der Waals surface area (Å²) in [5, 5.41) is 3.09. The number of benzene rings is 4. The van der Waals surface area contributed by atoms with Gasteiger partial charge in [-0.3, -0.25) is 9.59 Å². The van der Waals surface area contributed by atoms with Gasteiger partial charge in [-0.15, -0.1) is 0 Å². The molecule has 1 atom stereocenters. The summed E-state index contributed by atoms with van der Waals surface area (Å²) in [5.74, 6) is 0.805. The van der Waals surface area contributed by atoms with Gasteiger partial charge < -0.3 is 19.7 Å². The van der Waals surface area contributed by atoms with Crippen LogP contribution in [0.5, 0.6) is 11.5 Å². The van der Waals surface area contributed by atoms with Crippen molar-refractivity contribution < 1.29 is 19.1 Å². The second-order valence-electron chi connectivity index (χ2n) is 9.78. The van der Waals surface area contributed by atoms with Crippen LogP contribution in [0.25, 0.3) is 0 Å². The van der Waals surface area contributed by atoms with Gasteiger partial charge in [-0.25, -0.2) is 0 Å². The molecule has 206 valence electrons. The summed E-state index contributed by atoms with van der Waals surface area (Å²) in [6, 6.07) is 32.4. The Morgan fingerprint density at radius 2 is 1.32 bits per heavy atom. The molecule has 40 heavy (non-hydrogen) atoms. The maximum Gasteiger partial charge on any atom is 0.243 e. The molecule has 1 N–H and O–H groups in total. The Kier molecular flexibility index (Phi) is 9.94. The van der Waals surface area contributed by atoms with E-state index in [9.17, 15) is 9.59 Å². The first-order valence-electron chi connectivity index (χ1n) is 13.4. The zero-order valence-corrected chi connectivity index (χ0v) is 23.3. The number of nitrogens with one attached hydrogen (secondary N) is 1. The molecular weight excluding hydrogens is 500 g/mol. The number of amides is 2. The lowest BCUT2D eigenvalue weighted by Crippen LogP contribution is -2.50. The van der Waals surface area contributed by atoms with Gasteiger partial charge in [0, 0.05) is 19.5 Å². The molecule has 0 saturated carbocycles. The lowest BCUT2D eigenvalue weighted by molar-refractivity contribution is -0.140. The molecule has 4 aromatic carbocycles. The Labute approximate surface area is 236 Å². The van der Waals surface area contributed by atoms with Crippen LogP contribution in [0.15, 0.2) is 103 Å². The van der Waals surface area contributed by atoms with E-state index in [1.54, 1.807) is 31.3 Å². The first kappa shape index (κ1) is 28.4.